The van der Waals surface area contributed by atoms with Crippen LogP contribution in [0.1, 0.15) is 102 Å². The van der Waals surface area contributed by atoms with E-state index >= 15 is 0 Å². The molecule has 0 heterocycles. The predicted octanol–water partition coefficient (Wildman–Crippen LogP) is 9.19. The number of hydrogen-bond acceptors (Lipinski definition) is 7. The topological polar surface area (TPSA) is 123 Å². The number of phenolic OH excluding ortho intramolecular Hbond substituents is 1. The fourth-order valence-corrected chi connectivity index (χ4v) is 5.56. The average molecular weight is 697 g/mol. The lowest BCUT2D eigenvalue weighted by Gasteiger charge is -2.30. The number of rotatable bonds is 17. The van der Waals surface area contributed by atoms with Crippen molar-refractivity contribution in [1.29, 1.82) is 0 Å². The Labute approximate surface area is 301 Å². The molecule has 272 valence electrons. The molecule has 0 fully saturated rings. The van der Waals surface area contributed by atoms with E-state index in [9.17, 15) is 19.5 Å². The summed E-state index contributed by atoms with van der Waals surface area (Å²) in [7, 11) is 0. The Hall–Kier alpha value is -5.05. The number of aromatic hydroxyl groups is 1. The van der Waals surface area contributed by atoms with Gasteiger partial charge in [-0.15, -0.1) is 0 Å². The molecule has 4 aromatic rings. The highest BCUT2D eigenvalue weighted by atomic mass is 16.5. The highest BCUT2D eigenvalue weighted by Crippen LogP contribution is 2.40. The van der Waals surface area contributed by atoms with Crippen LogP contribution in [0, 0.1) is 0 Å². The summed E-state index contributed by atoms with van der Waals surface area (Å²) in [6.45, 7) is 15.9. The Bertz CT molecular complexity index is 1830. The minimum absolute atomic E-state index is 0.0125. The number of phenols is 1. The largest absolute Gasteiger partial charge is 0.506 e. The van der Waals surface area contributed by atoms with Crippen LogP contribution in [0.4, 0.5) is 5.69 Å². The lowest BCUT2D eigenvalue weighted by Crippen LogP contribution is -2.26. The van der Waals surface area contributed by atoms with Crippen molar-refractivity contribution in [1.82, 2.24) is 5.32 Å². The standard InChI is InChI=1S/C42H52N2O7/c1-8-41(4,5)28-17-22-35(34(26-28)42(6,7)9-2)50-25-13-16-37(45)44-29-18-20-30(21-19-29)51-36-27-33(39(47)32-15-12-11-14-31(32)36)40(48)43-24-23-38(46)49-10-3/h11-12,14-15,17-22,26-27,47H,8-10,13,16,23-25H2,1-7H3,(H,43,48)(H,44,45). The van der Waals surface area contributed by atoms with Gasteiger partial charge < -0.3 is 30.0 Å². The molecule has 0 radical (unpaired) electrons. The fourth-order valence-electron chi connectivity index (χ4n) is 5.56. The van der Waals surface area contributed by atoms with Gasteiger partial charge in [0.05, 0.1) is 25.2 Å². The summed E-state index contributed by atoms with van der Waals surface area (Å²) in [5.74, 6) is 0.442. The zero-order valence-corrected chi connectivity index (χ0v) is 31.0. The Balaban J connectivity index is 1.36. The molecule has 0 aliphatic heterocycles. The minimum atomic E-state index is -0.546. The van der Waals surface area contributed by atoms with Crippen LogP contribution in [0.25, 0.3) is 10.8 Å². The molecule has 0 spiro atoms. The fraction of sp³-hybridized carbons (Fsp3) is 0.405. The molecule has 2 amide bonds. The Morgan fingerprint density at radius 2 is 1.47 bits per heavy atom. The van der Waals surface area contributed by atoms with Gasteiger partial charge in [-0.2, -0.15) is 0 Å². The number of anilines is 1. The van der Waals surface area contributed by atoms with E-state index in [1.54, 1.807) is 49.4 Å². The minimum Gasteiger partial charge on any atom is -0.506 e. The molecule has 0 bridgehead atoms. The van der Waals surface area contributed by atoms with Crippen molar-refractivity contribution in [2.24, 2.45) is 0 Å². The van der Waals surface area contributed by atoms with Gasteiger partial charge in [-0.1, -0.05) is 77.9 Å². The molecule has 9 heteroatoms. The molecule has 0 unspecified atom stereocenters. The van der Waals surface area contributed by atoms with E-state index in [4.69, 9.17) is 14.2 Å². The number of nitrogens with one attached hydrogen (secondary N) is 2. The van der Waals surface area contributed by atoms with Crippen molar-refractivity contribution in [3.05, 3.63) is 89.5 Å². The number of amides is 2. The predicted molar refractivity (Wildman–Crippen MR) is 202 cm³/mol. The molecule has 51 heavy (non-hydrogen) atoms. The van der Waals surface area contributed by atoms with Gasteiger partial charge >= 0.3 is 5.97 Å². The van der Waals surface area contributed by atoms with E-state index in [1.807, 2.05) is 6.07 Å². The van der Waals surface area contributed by atoms with E-state index in [-0.39, 0.29) is 47.6 Å². The van der Waals surface area contributed by atoms with E-state index < -0.39 is 11.9 Å². The smallest absolute Gasteiger partial charge is 0.307 e. The first-order valence-corrected chi connectivity index (χ1v) is 17.8. The number of fused-ring (bicyclic) bond motifs is 1. The van der Waals surface area contributed by atoms with Crippen molar-refractivity contribution in [2.45, 2.75) is 91.4 Å². The Morgan fingerprint density at radius 3 is 2.14 bits per heavy atom. The first-order chi connectivity index (χ1) is 24.3. The van der Waals surface area contributed by atoms with E-state index in [0.717, 1.165) is 18.6 Å². The van der Waals surface area contributed by atoms with Gasteiger partial charge in [0, 0.05) is 35.0 Å². The molecule has 0 atom stereocenters. The van der Waals surface area contributed by atoms with Crippen LogP contribution in [-0.4, -0.2) is 42.6 Å². The molecule has 3 N–H and O–H groups in total. The molecule has 0 saturated carbocycles. The van der Waals surface area contributed by atoms with Crippen molar-refractivity contribution in [3.63, 3.8) is 0 Å². The first-order valence-electron chi connectivity index (χ1n) is 17.8. The Kier molecular flexibility index (Phi) is 13.1. The van der Waals surface area contributed by atoms with Crippen LogP contribution in [-0.2, 0) is 25.2 Å². The maximum Gasteiger partial charge on any atom is 0.307 e. The SMILES string of the molecule is CCOC(=O)CCNC(=O)c1cc(Oc2ccc(NC(=O)CCCOc3ccc(C(C)(C)CC)cc3C(C)(C)CC)cc2)c2ccccc2c1O. The molecule has 0 aromatic heterocycles. The number of benzene rings is 4. The zero-order valence-electron chi connectivity index (χ0n) is 31.0. The average Bonchev–Trinajstić information content (AvgIpc) is 3.12. The van der Waals surface area contributed by atoms with Crippen molar-refractivity contribution in [2.75, 3.05) is 25.1 Å². The van der Waals surface area contributed by atoms with E-state index in [1.165, 1.54) is 17.2 Å². The number of esters is 1. The van der Waals surface area contributed by atoms with Crippen LogP contribution in [0.3, 0.4) is 0 Å². The van der Waals surface area contributed by atoms with Crippen molar-refractivity contribution in [3.8, 4) is 23.0 Å². The summed E-state index contributed by atoms with van der Waals surface area (Å²) in [6, 6.07) is 22.0. The quantitative estimate of drug-likeness (QED) is 0.0743. The summed E-state index contributed by atoms with van der Waals surface area (Å²) in [6.07, 6.45) is 2.90. The maximum absolute atomic E-state index is 13.0. The lowest BCUT2D eigenvalue weighted by atomic mass is 9.76. The second-order valence-corrected chi connectivity index (χ2v) is 13.9. The van der Waals surface area contributed by atoms with Crippen LogP contribution in [0.15, 0.2) is 72.8 Å². The summed E-state index contributed by atoms with van der Waals surface area (Å²) < 4.78 is 17.3. The molecule has 0 aliphatic rings. The second kappa shape index (κ2) is 17.2. The third-order valence-electron chi connectivity index (χ3n) is 9.57. The number of carbonyl (C=O) groups excluding carboxylic acids is 3. The second-order valence-electron chi connectivity index (χ2n) is 13.9. The summed E-state index contributed by atoms with van der Waals surface area (Å²) in [5, 5.41) is 17.5. The number of carbonyl (C=O) groups is 3. The first kappa shape index (κ1) is 38.7. The van der Waals surface area contributed by atoms with Gasteiger partial charge in [-0.3, -0.25) is 14.4 Å². The third kappa shape index (κ3) is 10.0. The summed E-state index contributed by atoms with van der Waals surface area (Å²) in [4.78, 5) is 37.4. The Morgan fingerprint density at radius 1 is 0.784 bits per heavy atom. The lowest BCUT2D eigenvalue weighted by molar-refractivity contribution is -0.142. The molecule has 4 rings (SSSR count). The third-order valence-corrected chi connectivity index (χ3v) is 9.57. The molecule has 4 aromatic carbocycles. The monoisotopic (exact) mass is 696 g/mol. The van der Waals surface area contributed by atoms with Gasteiger partial charge in [-0.05, 0) is 79.0 Å². The maximum atomic E-state index is 13.0. The van der Waals surface area contributed by atoms with Gasteiger partial charge in [-0.25, -0.2) is 0 Å². The van der Waals surface area contributed by atoms with Crippen LogP contribution in [0.5, 0.6) is 23.0 Å². The van der Waals surface area contributed by atoms with Gasteiger partial charge in [0.15, 0.2) is 0 Å². The molecule has 0 saturated heterocycles. The van der Waals surface area contributed by atoms with Crippen LogP contribution >= 0.6 is 0 Å². The number of hydrogen-bond donors (Lipinski definition) is 3. The van der Waals surface area contributed by atoms with Crippen molar-refractivity contribution >= 4 is 34.2 Å². The molecular weight excluding hydrogens is 644 g/mol. The van der Waals surface area contributed by atoms with Gasteiger partial charge in [0.25, 0.3) is 5.91 Å². The normalized spacial score (nSPS) is 11.6. The summed E-state index contributed by atoms with van der Waals surface area (Å²) in [5.41, 5.74) is 3.17. The van der Waals surface area contributed by atoms with E-state index in [2.05, 4.69) is 70.4 Å². The molecular formula is C42H52N2O7. The zero-order chi connectivity index (χ0) is 37.2. The molecule has 9 nitrogen and oxygen atoms in total. The highest BCUT2D eigenvalue weighted by Gasteiger charge is 2.27. The van der Waals surface area contributed by atoms with Crippen molar-refractivity contribution < 1.29 is 33.7 Å². The number of ether oxygens (including phenoxy) is 3. The van der Waals surface area contributed by atoms with Crippen LogP contribution < -0.4 is 20.1 Å². The van der Waals surface area contributed by atoms with Gasteiger partial charge in [0.2, 0.25) is 5.91 Å². The van der Waals surface area contributed by atoms with E-state index in [0.29, 0.717) is 47.4 Å². The molecule has 0 aliphatic carbocycles. The summed E-state index contributed by atoms with van der Waals surface area (Å²) >= 11 is 0. The van der Waals surface area contributed by atoms with Gasteiger partial charge in [0.1, 0.15) is 23.0 Å². The van der Waals surface area contributed by atoms with Crippen LogP contribution in [0.2, 0.25) is 0 Å². The highest BCUT2D eigenvalue weighted by molar-refractivity contribution is 6.06.